The third-order valence-electron chi connectivity index (χ3n) is 3.86. The monoisotopic (exact) mass is 276 g/mol. The first kappa shape index (κ1) is 14.8. The van der Waals surface area contributed by atoms with Crippen molar-refractivity contribution in [2.24, 2.45) is 5.92 Å². The number of nitrogens with one attached hydrogen (secondary N) is 1. The molecule has 4 heteroatoms. The van der Waals surface area contributed by atoms with Crippen LogP contribution in [0.5, 0.6) is 5.88 Å². The maximum Gasteiger partial charge on any atom is 0.220 e. The standard InChI is InChI=1S/C16H24N2O2/c1-2-20-16-14(8-5-11-17-16)12-18-15(19)10-9-13-6-3-4-7-13/h5,8,11,13H,2-4,6-7,9-10,12H2,1H3,(H,18,19). The molecule has 1 amide bonds. The van der Waals surface area contributed by atoms with E-state index in [9.17, 15) is 4.79 Å². The predicted molar refractivity (Wildman–Crippen MR) is 78.4 cm³/mol. The number of nitrogens with zero attached hydrogens (tertiary/aromatic N) is 1. The molecule has 1 aromatic heterocycles. The van der Waals surface area contributed by atoms with Gasteiger partial charge >= 0.3 is 0 Å². The van der Waals surface area contributed by atoms with Crippen LogP contribution in [-0.4, -0.2) is 17.5 Å². The molecule has 1 saturated carbocycles. The van der Waals surface area contributed by atoms with E-state index in [1.54, 1.807) is 6.20 Å². The Morgan fingerprint density at radius 1 is 1.45 bits per heavy atom. The Morgan fingerprint density at radius 3 is 3.00 bits per heavy atom. The van der Waals surface area contributed by atoms with Crippen LogP contribution in [0.2, 0.25) is 0 Å². The van der Waals surface area contributed by atoms with Crippen LogP contribution >= 0.6 is 0 Å². The van der Waals surface area contributed by atoms with E-state index >= 15 is 0 Å². The minimum atomic E-state index is 0.128. The lowest BCUT2D eigenvalue weighted by molar-refractivity contribution is -0.121. The van der Waals surface area contributed by atoms with Gasteiger partial charge in [0, 0.05) is 24.7 Å². The largest absolute Gasteiger partial charge is 0.478 e. The quantitative estimate of drug-likeness (QED) is 0.832. The summed E-state index contributed by atoms with van der Waals surface area (Å²) in [5.74, 6) is 1.51. The zero-order valence-electron chi connectivity index (χ0n) is 12.2. The molecule has 1 aliphatic rings. The van der Waals surface area contributed by atoms with Crippen LogP contribution in [0.4, 0.5) is 0 Å². The Morgan fingerprint density at radius 2 is 2.25 bits per heavy atom. The van der Waals surface area contributed by atoms with Crippen molar-refractivity contribution in [1.29, 1.82) is 0 Å². The second-order valence-electron chi connectivity index (χ2n) is 5.37. The molecule has 110 valence electrons. The van der Waals surface area contributed by atoms with E-state index in [-0.39, 0.29) is 5.91 Å². The topological polar surface area (TPSA) is 51.2 Å². The van der Waals surface area contributed by atoms with Crippen molar-refractivity contribution >= 4 is 5.91 Å². The van der Waals surface area contributed by atoms with E-state index in [0.29, 0.717) is 25.5 Å². The average molecular weight is 276 g/mol. The van der Waals surface area contributed by atoms with Gasteiger partial charge in [-0.1, -0.05) is 31.7 Å². The van der Waals surface area contributed by atoms with Gasteiger partial charge in [-0.25, -0.2) is 4.98 Å². The molecule has 0 aliphatic heterocycles. The van der Waals surface area contributed by atoms with Crippen LogP contribution in [-0.2, 0) is 11.3 Å². The number of aromatic nitrogens is 1. The number of rotatable bonds is 7. The molecule has 1 aromatic rings. The Balaban J connectivity index is 1.74. The molecule has 0 unspecified atom stereocenters. The minimum Gasteiger partial charge on any atom is -0.478 e. The third kappa shape index (κ3) is 4.51. The minimum absolute atomic E-state index is 0.128. The smallest absolute Gasteiger partial charge is 0.220 e. The number of hydrogen-bond acceptors (Lipinski definition) is 3. The summed E-state index contributed by atoms with van der Waals surface area (Å²) < 4.78 is 5.45. The SMILES string of the molecule is CCOc1ncccc1CNC(=O)CCC1CCCC1. The summed E-state index contributed by atoms with van der Waals surface area (Å²) in [4.78, 5) is 16.1. The molecule has 4 nitrogen and oxygen atoms in total. The van der Waals surface area contributed by atoms with Gasteiger partial charge in [0.2, 0.25) is 11.8 Å². The Bertz CT molecular complexity index is 428. The summed E-state index contributed by atoms with van der Waals surface area (Å²) in [5, 5.41) is 2.96. The molecular weight excluding hydrogens is 252 g/mol. The fourth-order valence-electron chi connectivity index (χ4n) is 2.74. The number of pyridine rings is 1. The van der Waals surface area contributed by atoms with Gasteiger partial charge in [-0.15, -0.1) is 0 Å². The van der Waals surface area contributed by atoms with E-state index in [0.717, 1.165) is 17.9 Å². The first-order valence-electron chi connectivity index (χ1n) is 7.63. The second-order valence-corrected chi connectivity index (χ2v) is 5.37. The first-order valence-corrected chi connectivity index (χ1v) is 7.63. The number of carbonyl (C=O) groups is 1. The number of amides is 1. The maximum absolute atomic E-state index is 11.9. The Hall–Kier alpha value is -1.58. The van der Waals surface area contributed by atoms with Gasteiger partial charge in [-0.05, 0) is 25.3 Å². The summed E-state index contributed by atoms with van der Waals surface area (Å²) in [6.07, 6.45) is 8.62. The molecule has 1 heterocycles. The summed E-state index contributed by atoms with van der Waals surface area (Å²) in [6, 6.07) is 3.80. The zero-order chi connectivity index (χ0) is 14.2. The highest BCUT2D eigenvalue weighted by molar-refractivity contribution is 5.75. The molecule has 1 fully saturated rings. The first-order chi connectivity index (χ1) is 9.79. The number of carbonyl (C=O) groups excluding carboxylic acids is 1. The molecule has 0 saturated heterocycles. The van der Waals surface area contributed by atoms with Crippen molar-refractivity contribution in [3.05, 3.63) is 23.9 Å². The summed E-state index contributed by atoms with van der Waals surface area (Å²) in [5.41, 5.74) is 0.934. The van der Waals surface area contributed by atoms with Gasteiger partial charge in [0.05, 0.1) is 6.61 Å². The van der Waals surface area contributed by atoms with Gasteiger partial charge in [0.15, 0.2) is 0 Å². The highest BCUT2D eigenvalue weighted by Crippen LogP contribution is 2.28. The second kappa shape index (κ2) is 7.88. The highest BCUT2D eigenvalue weighted by Gasteiger charge is 2.16. The summed E-state index contributed by atoms with van der Waals surface area (Å²) >= 11 is 0. The van der Waals surface area contributed by atoms with Gasteiger partial charge in [0.1, 0.15) is 0 Å². The van der Waals surface area contributed by atoms with Gasteiger partial charge in [0.25, 0.3) is 0 Å². The van der Waals surface area contributed by atoms with Crippen LogP contribution in [0, 0.1) is 5.92 Å². The maximum atomic E-state index is 11.9. The van der Waals surface area contributed by atoms with Crippen LogP contribution in [0.15, 0.2) is 18.3 Å². The molecule has 0 aromatic carbocycles. The highest BCUT2D eigenvalue weighted by atomic mass is 16.5. The summed E-state index contributed by atoms with van der Waals surface area (Å²) in [7, 11) is 0. The van der Waals surface area contributed by atoms with Crippen molar-refractivity contribution in [2.75, 3.05) is 6.61 Å². The van der Waals surface area contributed by atoms with E-state index in [1.807, 2.05) is 19.1 Å². The molecule has 1 N–H and O–H groups in total. The van der Waals surface area contributed by atoms with E-state index < -0.39 is 0 Å². The average Bonchev–Trinajstić information content (AvgIpc) is 2.98. The van der Waals surface area contributed by atoms with Gasteiger partial charge in [-0.3, -0.25) is 4.79 Å². The van der Waals surface area contributed by atoms with E-state index in [4.69, 9.17) is 4.74 Å². The molecule has 0 bridgehead atoms. The molecule has 20 heavy (non-hydrogen) atoms. The molecule has 1 aliphatic carbocycles. The molecule has 0 radical (unpaired) electrons. The zero-order valence-corrected chi connectivity index (χ0v) is 12.2. The number of ether oxygens (including phenoxy) is 1. The third-order valence-corrected chi connectivity index (χ3v) is 3.86. The van der Waals surface area contributed by atoms with Crippen LogP contribution < -0.4 is 10.1 Å². The summed E-state index contributed by atoms with van der Waals surface area (Å²) in [6.45, 7) is 3.00. The van der Waals surface area contributed by atoms with Gasteiger partial charge < -0.3 is 10.1 Å². The van der Waals surface area contributed by atoms with Crippen molar-refractivity contribution in [3.8, 4) is 5.88 Å². The van der Waals surface area contributed by atoms with Crippen LogP contribution in [0.3, 0.4) is 0 Å². The molecule has 0 atom stereocenters. The lowest BCUT2D eigenvalue weighted by Crippen LogP contribution is -2.23. The molecule has 2 rings (SSSR count). The van der Waals surface area contributed by atoms with E-state index in [2.05, 4.69) is 10.3 Å². The fourth-order valence-corrected chi connectivity index (χ4v) is 2.74. The Kier molecular flexibility index (Phi) is 5.84. The molecular formula is C16H24N2O2. The number of hydrogen-bond donors (Lipinski definition) is 1. The normalized spacial score (nSPS) is 15.2. The fraction of sp³-hybridized carbons (Fsp3) is 0.625. The predicted octanol–water partition coefficient (Wildman–Crippen LogP) is 3.07. The van der Waals surface area contributed by atoms with E-state index in [1.165, 1.54) is 25.7 Å². The van der Waals surface area contributed by atoms with Crippen molar-refractivity contribution < 1.29 is 9.53 Å². The van der Waals surface area contributed by atoms with Crippen molar-refractivity contribution in [1.82, 2.24) is 10.3 Å². The van der Waals surface area contributed by atoms with Crippen LogP contribution in [0.1, 0.15) is 51.0 Å². The van der Waals surface area contributed by atoms with Crippen molar-refractivity contribution in [3.63, 3.8) is 0 Å². The lowest BCUT2D eigenvalue weighted by atomic mass is 10.0. The Labute approximate surface area is 120 Å². The van der Waals surface area contributed by atoms with Crippen molar-refractivity contribution in [2.45, 2.75) is 52.0 Å². The lowest BCUT2D eigenvalue weighted by Gasteiger charge is -2.11. The molecule has 0 spiro atoms. The van der Waals surface area contributed by atoms with Crippen LogP contribution in [0.25, 0.3) is 0 Å². The van der Waals surface area contributed by atoms with Gasteiger partial charge in [-0.2, -0.15) is 0 Å².